The van der Waals surface area contributed by atoms with Crippen LogP contribution in [0.1, 0.15) is 18.9 Å². The largest absolute Gasteiger partial charge is 0.356 e. The maximum atomic E-state index is 11.9. The van der Waals surface area contributed by atoms with Crippen LogP contribution in [0, 0.1) is 0 Å². The lowest BCUT2D eigenvalue weighted by Crippen LogP contribution is -2.55. The number of hydrogen-bond acceptors (Lipinski definition) is 3. The molecule has 1 atom stereocenters. The molecule has 0 bridgehead atoms. The molecule has 0 radical (unpaired) electrons. The summed E-state index contributed by atoms with van der Waals surface area (Å²) in [5.41, 5.74) is 7.97. The van der Waals surface area contributed by atoms with Gasteiger partial charge in [-0.05, 0) is 24.1 Å². The van der Waals surface area contributed by atoms with E-state index < -0.39 is 6.29 Å². The van der Waals surface area contributed by atoms with Crippen LogP contribution in [0.2, 0.25) is 5.02 Å². The van der Waals surface area contributed by atoms with Crippen molar-refractivity contribution in [2.24, 2.45) is 5.73 Å². The highest BCUT2D eigenvalue weighted by atomic mass is 35.5. The van der Waals surface area contributed by atoms with Crippen molar-refractivity contribution in [2.45, 2.75) is 19.6 Å². The lowest BCUT2D eigenvalue weighted by atomic mass is 10.00. The van der Waals surface area contributed by atoms with Crippen LogP contribution in [0.5, 0.6) is 0 Å². The highest BCUT2D eigenvalue weighted by molar-refractivity contribution is 6.30. The Morgan fingerprint density at radius 3 is 2.53 bits per heavy atom. The maximum absolute atomic E-state index is 11.9. The summed E-state index contributed by atoms with van der Waals surface area (Å²) in [5.74, 6) is -0.157. The fourth-order valence-electron chi connectivity index (χ4n) is 1.85. The second-order valence-electron chi connectivity index (χ2n) is 3.81. The third-order valence-corrected chi connectivity index (χ3v) is 2.88. The van der Waals surface area contributed by atoms with Gasteiger partial charge in [-0.15, -0.1) is 0 Å². The molecule has 2 rings (SSSR count). The first-order chi connectivity index (χ1) is 8.11. The van der Waals surface area contributed by atoms with Crippen LogP contribution in [0.15, 0.2) is 30.0 Å². The molecule has 1 aromatic carbocycles. The van der Waals surface area contributed by atoms with Gasteiger partial charge >= 0.3 is 0 Å². The zero-order valence-corrected chi connectivity index (χ0v) is 10.2. The second-order valence-corrected chi connectivity index (χ2v) is 4.25. The molecular weight excluding hydrogens is 238 g/mol. The Morgan fingerprint density at radius 1 is 1.29 bits per heavy atom. The minimum Gasteiger partial charge on any atom is -0.356 e. The highest BCUT2D eigenvalue weighted by Gasteiger charge is 2.24. The molecule has 1 unspecified atom stereocenters. The van der Waals surface area contributed by atoms with E-state index in [1.807, 2.05) is 19.1 Å². The Kier molecular flexibility index (Phi) is 3.36. The number of carbonyl (C=O) groups is 1. The van der Waals surface area contributed by atoms with E-state index in [4.69, 9.17) is 17.3 Å². The number of amides is 1. The molecule has 0 saturated carbocycles. The SMILES string of the molecule is CCC1=C(c2ccc(Cl)cc2)C(=O)NC(N)N1. The second kappa shape index (κ2) is 4.77. The zero-order chi connectivity index (χ0) is 12.4. The van der Waals surface area contributed by atoms with Crippen LogP contribution < -0.4 is 16.4 Å². The molecule has 90 valence electrons. The van der Waals surface area contributed by atoms with Gasteiger partial charge in [-0.25, -0.2) is 0 Å². The van der Waals surface area contributed by atoms with Crippen molar-refractivity contribution in [1.82, 2.24) is 10.6 Å². The maximum Gasteiger partial charge on any atom is 0.256 e. The van der Waals surface area contributed by atoms with Crippen molar-refractivity contribution >= 4 is 23.1 Å². The summed E-state index contributed by atoms with van der Waals surface area (Å²) < 4.78 is 0. The van der Waals surface area contributed by atoms with E-state index in [0.717, 1.165) is 17.7 Å². The predicted octanol–water partition coefficient (Wildman–Crippen LogP) is 1.42. The molecule has 0 saturated heterocycles. The number of rotatable bonds is 2. The fourth-order valence-corrected chi connectivity index (χ4v) is 1.97. The Hall–Kier alpha value is -1.52. The Bertz CT molecular complexity index is 467. The van der Waals surface area contributed by atoms with Gasteiger partial charge in [0.2, 0.25) is 0 Å². The van der Waals surface area contributed by atoms with Crippen molar-refractivity contribution in [3.05, 3.63) is 40.5 Å². The van der Waals surface area contributed by atoms with Crippen LogP contribution in [0.3, 0.4) is 0 Å². The number of halogens is 1. The first kappa shape index (κ1) is 12.0. The van der Waals surface area contributed by atoms with Gasteiger partial charge in [0, 0.05) is 10.7 Å². The van der Waals surface area contributed by atoms with E-state index in [9.17, 15) is 4.79 Å². The molecule has 1 amide bonds. The average molecular weight is 252 g/mol. The number of allylic oxidation sites excluding steroid dienone is 1. The first-order valence-electron chi connectivity index (χ1n) is 5.44. The predicted molar refractivity (Wildman–Crippen MR) is 67.9 cm³/mol. The van der Waals surface area contributed by atoms with Gasteiger partial charge in [-0.1, -0.05) is 30.7 Å². The summed E-state index contributed by atoms with van der Waals surface area (Å²) in [7, 11) is 0. The number of benzene rings is 1. The molecule has 4 nitrogen and oxygen atoms in total. The summed E-state index contributed by atoms with van der Waals surface area (Å²) >= 11 is 5.83. The monoisotopic (exact) mass is 251 g/mol. The van der Waals surface area contributed by atoms with Gasteiger partial charge in [-0.2, -0.15) is 0 Å². The van der Waals surface area contributed by atoms with Crippen LogP contribution in [-0.4, -0.2) is 12.2 Å². The van der Waals surface area contributed by atoms with Gasteiger partial charge < -0.3 is 10.6 Å². The number of nitrogens with one attached hydrogen (secondary N) is 2. The molecule has 0 fully saturated rings. The molecule has 5 heteroatoms. The van der Waals surface area contributed by atoms with Gasteiger partial charge in [0.1, 0.15) is 0 Å². The molecule has 0 aromatic heterocycles. The molecule has 1 heterocycles. The molecule has 0 aliphatic carbocycles. The zero-order valence-electron chi connectivity index (χ0n) is 9.46. The van der Waals surface area contributed by atoms with Gasteiger partial charge in [0.05, 0.1) is 5.57 Å². The molecule has 1 aromatic rings. The molecule has 17 heavy (non-hydrogen) atoms. The highest BCUT2D eigenvalue weighted by Crippen LogP contribution is 2.23. The van der Waals surface area contributed by atoms with Gasteiger partial charge in [0.15, 0.2) is 6.29 Å². The van der Waals surface area contributed by atoms with Crippen LogP contribution in [0.25, 0.3) is 5.57 Å². The van der Waals surface area contributed by atoms with Crippen LogP contribution >= 0.6 is 11.6 Å². The lowest BCUT2D eigenvalue weighted by Gasteiger charge is -2.27. The summed E-state index contributed by atoms with van der Waals surface area (Å²) in [6.45, 7) is 1.98. The van der Waals surface area contributed by atoms with Crippen LogP contribution in [0.4, 0.5) is 0 Å². The summed E-state index contributed by atoms with van der Waals surface area (Å²) in [4.78, 5) is 11.9. The van der Waals surface area contributed by atoms with Gasteiger partial charge in [0.25, 0.3) is 5.91 Å². The van der Waals surface area contributed by atoms with E-state index in [2.05, 4.69) is 10.6 Å². The smallest absolute Gasteiger partial charge is 0.256 e. The van der Waals surface area contributed by atoms with Crippen LogP contribution in [-0.2, 0) is 4.79 Å². The van der Waals surface area contributed by atoms with E-state index in [-0.39, 0.29) is 5.91 Å². The normalized spacial score (nSPS) is 19.9. The molecule has 4 N–H and O–H groups in total. The van der Waals surface area contributed by atoms with E-state index in [0.29, 0.717) is 10.6 Å². The third-order valence-electron chi connectivity index (χ3n) is 2.63. The molecule has 0 spiro atoms. The Labute approximate surface area is 105 Å². The quantitative estimate of drug-likeness (QED) is 0.745. The minimum atomic E-state index is -0.520. The standard InChI is InChI=1S/C12H14ClN3O/c1-2-9-10(11(17)16-12(14)15-9)7-3-5-8(13)6-4-7/h3-6,12,15H,2,14H2,1H3,(H,16,17). The fraction of sp³-hybridized carbons (Fsp3) is 0.250. The van der Waals surface area contributed by atoms with E-state index in [1.165, 1.54) is 0 Å². The van der Waals surface area contributed by atoms with E-state index >= 15 is 0 Å². The molecule has 1 aliphatic rings. The van der Waals surface area contributed by atoms with Crippen molar-refractivity contribution in [2.75, 3.05) is 0 Å². The van der Waals surface area contributed by atoms with Gasteiger partial charge in [-0.3, -0.25) is 10.5 Å². The molecule has 1 aliphatic heterocycles. The summed E-state index contributed by atoms with van der Waals surface area (Å²) in [5, 5.41) is 6.34. The average Bonchev–Trinajstić information content (AvgIpc) is 2.30. The van der Waals surface area contributed by atoms with Crippen molar-refractivity contribution in [3.63, 3.8) is 0 Å². The summed E-state index contributed by atoms with van der Waals surface area (Å²) in [6, 6.07) is 7.18. The van der Waals surface area contributed by atoms with Crippen molar-refractivity contribution in [1.29, 1.82) is 0 Å². The Balaban J connectivity index is 2.46. The number of nitrogens with two attached hydrogens (primary N) is 1. The lowest BCUT2D eigenvalue weighted by molar-refractivity contribution is -0.116. The third kappa shape index (κ3) is 2.43. The van der Waals surface area contributed by atoms with Crippen molar-refractivity contribution < 1.29 is 4.79 Å². The minimum absolute atomic E-state index is 0.157. The molecular formula is C12H14ClN3O. The number of hydrogen-bond donors (Lipinski definition) is 3. The number of carbonyl (C=O) groups excluding carboxylic acids is 1. The van der Waals surface area contributed by atoms with Crippen molar-refractivity contribution in [3.8, 4) is 0 Å². The Morgan fingerprint density at radius 2 is 1.94 bits per heavy atom. The first-order valence-corrected chi connectivity index (χ1v) is 5.81. The topological polar surface area (TPSA) is 67.2 Å². The van der Waals surface area contributed by atoms with E-state index in [1.54, 1.807) is 12.1 Å². The summed E-state index contributed by atoms with van der Waals surface area (Å²) in [6.07, 6.45) is 0.201.